The number of hydrogen-bond acceptors (Lipinski definition) is 1. The molecule has 0 saturated carbocycles. The summed E-state index contributed by atoms with van der Waals surface area (Å²) in [5.41, 5.74) is 0. The summed E-state index contributed by atoms with van der Waals surface area (Å²) in [5, 5.41) is 0. The van der Waals surface area contributed by atoms with Gasteiger partial charge in [0.2, 0.25) is 0 Å². The second kappa shape index (κ2) is 22.5. The van der Waals surface area contributed by atoms with Crippen LogP contribution in [0.4, 0.5) is 0 Å². The van der Waals surface area contributed by atoms with Crippen LogP contribution in [0.2, 0.25) is 0 Å². The van der Waals surface area contributed by atoms with Gasteiger partial charge in [0.05, 0.1) is 0 Å². The van der Waals surface area contributed by atoms with Crippen molar-refractivity contribution in [2.75, 3.05) is 0 Å². The van der Waals surface area contributed by atoms with Crippen molar-refractivity contribution in [3.05, 3.63) is 0 Å². The zero-order chi connectivity index (χ0) is 0. The van der Waals surface area contributed by atoms with Crippen molar-refractivity contribution in [2.24, 2.45) is 0 Å². The molecule has 2 radical (unpaired) electrons. The molecule has 0 spiro atoms. The first-order valence-electron chi connectivity index (χ1n) is 0. The molecule has 4 heavy (non-hydrogen) atoms. The molecule has 0 aromatic heterocycles. The van der Waals surface area contributed by atoms with Gasteiger partial charge in [0.15, 0.2) is 0 Å². The Balaban J connectivity index is 0. The third-order valence-corrected chi connectivity index (χ3v) is 0. The first-order valence-corrected chi connectivity index (χ1v) is 0. The van der Waals surface area contributed by atoms with Crippen LogP contribution in [0.15, 0.2) is 0 Å². The molecule has 0 aliphatic heterocycles. The van der Waals surface area contributed by atoms with Gasteiger partial charge in [0.1, 0.15) is 0 Å². The van der Waals surface area contributed by atoms with E-state index in [1.807, 2.05) is 0 Å². The van der Waals surface area contributed by atoms with Crippen LogP contribution < -0.4 is 6.15 Å². The summed E-state index contributed by atoms with van der Waals surface area (Å²) in [6.07, 6.45) is 0. The average molecular weight is 131 g/mol. The summed E-state index contributed by atoms with van der Waals surface area (Å²) >= 11 is 0. The first kappa shape index (κ1) is 44.2. The normalized spacial score (nSPS) is 0. The molecular weight excluding hydrogens is 125 g/mol. The Bertz CT molecular complexity index is 8.00. The molecule has 3 N–H and O–H groups in total. The van der Waals surface area contributed by atoms with Crippen LogP contribution in [-0.4, -0.2) is 23.1 Å². The van der Waals surface area contributed by atoms with E-state index >= 15 is 0 Å². The van der Waals surface area contributed by atoms with Gasteiger partial charge >= 0.3 is 0 Å². The summed E-state index contributed by atoms with van der Waals surface area (Å²) in [4.78, 5) is 0. The van der Waals surface area contributed by atoms with Gasteiger partial charge in [-0.25, -0.2) is 0 Å². The van der Waals surface area contributed by atoms with E-state index in [4.69, 9.17) is 0 Å². The van der Waals surface area contributed by atoms with Gasteiger partial charge in [-0.1, -0.05) is 0 Å². The molecule has 1 nitrogen and oxygen atoms in total. The third kappa shape index (κ3) is 9.37. The van der Waals surface area contributed by atoms with E-state index in [2.05, 4.69) is 0 Å². The molecule has 0 rings (SSSR count). The second-order valence-corrected chi connectivity index (χ2v) is 0. The summed E-state index contributed by atoms with van der Waals surface area (Å²) < 4.78 is 0. The zero-order valence-corrected chi connectivity index (χ0v) is 6.41. The van der Waals surface area contributed by atoms with Crippen molar-refractivity contribution >= 4 is 33.0 Å². The molecule has 0 aliphatic carbocycles. The fraction of sp³-hybridized carbons (Fsp3) is 0. The third-order valence-electron chi connectivity index (χ3n) is 0. The first-order chi connectivity index (χ1) is 0. The monoisotopic (exact) mass is 131 g/mol. The molecule has 0 fully saturated rings. The molecular formula is H6FeMgNP. The van der Waals surface area contributed by atoms with E-state index in [-0.39, 0.29) is 56.2 Å². The molecule has 26 valence electrons. The van der Waals surface area contributed by atoms with Crippen molar-refractivity contribution < 1.29 is 17.1 Å². The van der Waals surface area contributed by atoms with Crippen LogP contribution in [-0.2, 0) is 17.1 Å². The predicted octanol–water partition coefficient (Wildman–Crippen LogP) is -0.163. The minimum Gasteiger partial charge on any atom is -0.344 e. The van der Waals surface area contributed by atoms with E-state index in [9.17, 15) is 0 Å². The molecule has 0 aliphatic rings. The van der Waals surface area contributed by atoms with Crippen molar-refractivity contribution in [1.29, 1.82) is 0 Å². The zero-order valence-electron chi connectivity index (χ0n) is 2.47. The van der Waals surface area contributed by atoms with Crippen molar-refractivity contribution in [2.45, 2.75) is 0 Å². The topological polar surface area (TPSA) is 35.0 Å². The van der Waals surface area contributed by atoms with Gasteiger partial charge in [-0.05, 0) is 0 Å². The van der Waals surface area contributed by atoms with Gasteiger partial charge in [-0.15, -0.1) is 0 Å². The molecule has 0 saturated heterocycles. The van der Waals surface area contributed by atoms with Crippen molar-refractivity contribution in [1.82, 2.24) is 6.15 Å². The van der Waals surface area contributed by atoms with Crippen LogP contribution in [0.5, 0.6) is 0 Å². The van der Waals surface area contributed by atoms with Gasteiger partial charge < -0.3 is 6.15 Å². The quantitative estimate of drug-likeness (QED) is 0.360. The van der Waals surface area contributed by atoms with E-state index in [0.29, 0.717) is 0 Å². The van der Waals surface area contributed by atoms with E-state index < -0.39 is 0 Å². The maximum absolute atomic E-state index is 0. The molecule has 0 aromatic carbocycles. The van der Waals surface area contributed by atoms with Gasteiger partial charge in [-0.3, -0.25) is 0 Å². The summed E-state index contributed by atoms with van der Waals surface area (Å²) in [6, 6.07) is 0. The Morgan fingerprint density at radius 3 is 1.00 bits per heavy atom. The Kier molecular flexibility index (Phi) is 249. The molecule has 0 heterocycles. The number of rotatable bonds is 0. The van der Waals surface area contributed by atoms with Gasteiger partial charge in [0.25, 0.3) is 0 Å². The largest absolute Gasteiger partial charge is 0.344 e. The van der Waals surface area contributed by atoms with Crippen molar-refractivity contribution in [3.63, 3.8) is 0 Å². The molecule has 0 bridgehead atoms. The Labute approximate surface area is 56.1 Å². The van der Waals surface area contributed by atoms with Crippen LogP contribution in [0.25, 0.3) is 0 Å². The fourth-order valence-corrected chi connectivity index (χ4v) is 0. The van der Waals surface area contributed by atoms with Crippen LogP contribution in [0.1, 0.15) is 0 Å². The minimum absolute atomic E-state index is 0. The number of hydrogen-bond donors (Lipinski definition) is 1. The van der Waals surface area contributed by atoms with Gasteiger partial charge in [-0.2, -0.15) is 9.90 Å². The Morgan fingerprint density at radius 2 is 1.00 bits per heavy atom. The molecule has 0 amide bonds. The molecule has 1 atom stereocenters. The molecule has 0 aromatic rings. The Morgan fingerprint density at radius 1 is 1.00 bits per heavy atom. The maximum Gasteiger partial charge on any atom is 0 e. The Hall–Kier alpha value is 1.68. The molecule has 1 unspecified atom stereocenters. The average Bonchev–Trinajstić information content (AvgIpc) is 0. The summed E-state index contributed by atoms with van der Waals surface area (Å²) in [7, 11) is 0. The van der Waals surface area contributed by atoms with Crippen LogP contribution >= 0.6 is 9.90 Å². The SMILES string of the molecule is N.P.[Fe].[Mg]. The second-order valence-electron chi connectivity index (χ2n) is 0. The standard InChI is InChI=1S/Fe.Mg.H3N.H3P/h;;2*1H3. The summed E-state index contributed by atoms with van der Waals surface area (Å²) in [5.74, 6) is 0. The fourth-order valence-electron chi connectivity index (χ4n) is 0. The predicted molar refractivity (Wildman–Crippen MR) is 21.9 cm³/mol. The minimum atomic E-state index is 0. The van der Waals surface area contributed by atoms with Crippen molar-refractivity contribution in [3.8, 4) is 0 Å². The summed E-state index contributed by atoms with van der Waals surface area (Å²) in [6.45, 7) is 0. The van der Waals surface area contributed by atoms with E-state index in [1.165, 1.54) is 0 Å². The smallest absolute Gasteiger partial charge is 0 e. The van der Waals surface area contributed by atoms with Crippen LogP contribution in [0.3, 0.4) is 0 Å². The van der Waals surface area contributed by atoms with Gasteiger partial charge in [0, 0.05) is 40.1 Å². The maximum atomic E-state index is 0. The molecule has 4 heteroatoms. The van der Waals surface area contributed by atoms with Crippen LogP contribution in [0, 0.1) is 0 Å². The van der Waals surface area contributed by atoms with E-state index in [1.54, 1.807) is 0 Å². The van der Waals surface area contributed by atoms with E-state index in [0.717, 1.165) is 0 Å².